The molecule has 0 bridgehead atoms. The lowest BCUT2D eigenvalue weighted by Gasteiger charge is -2.14. The number of anilines is 2. The number of hydrogen-bond donors (Lipinski definition) is 3. The number of rotatable bonds is 2. The topological polar surface area (TPSA) is 99.8 Å². The van der Waals surface area contributed by atoms with Crippen LogP contribution in [-0.4, -0.2) is 26.8 Å². The highest BCUT2D eigenvalue weighted by Crippen LogP contribution is 2.39. The summed E-state index contributed by atoms with van der Waals surface area (Å²) in [6.45, 7) is 3.75. The minimum Gasteiger partial charge on any atom is -0.325 e. The number of carbonyl (C=O) groups is 2. The lowest BCUT2D eigenvalue weighted by Crippen LogP contribution is -2.26. The number of amides is 2. The fraction of sp³-hybridized carbons (Fsp3) is 0.176. The van der Waals surface area contributed by atoms with Crippen LogP contribution in [0.25, 0.3) is 11.0 Å². The first kappa shape index (κ1) is 14.4. The molecule has 7 nitrogen and oxygen atoms in total. The van der Waals surface area contributed by atoms with Crippen LogP contribution in [-0.2, 0) is 10.2 Å². The molecule has 24 heavy (non-hydrogen) atoms. The van der Waals surface area contributed by atoms with Gasteiger partial charge in [0.05, 0.1) is 16.4 Å². The van der Waals surface area contributed by atoms with Gasteiger partial charge in [-0.05, 0) is 43.7 Å². The Bertz CT molecular complexity index is 975. The summed E-state index contributed by atoms with van der Waals surface area (Å²) in [5.41, 5.74) is 3.03. The van der Waals surface area contributed by atoms with E-state index in [1.54, 1.807) is 24.5 Å². The van der Waals surface area contributed by atoms with Gasteiger partial charge in [0.2, 0.25) is 11.9 Å². The maximum atomic E-state index is 12.2. The minimum absolute atomic E-state index is 0.0311. The first-order valence-corrected chi connectivity index (χ1v) is 7.52. The van der Waals surface area contributed by atoms with Gasteiger partial charge in [-0.3, -0.25) is 19.9 Å². The van der Waals surface area contributed by atoms with Gasteiger partial charge in [-0.15, -0.1) is 0 Å². The van der Waals surface area contributed by atoms with E-state index in [4.69, 9.17) is 0 Å². The Morgan fingerprint density at radius 3 is 2.71 bits per heavy atom. The number of fused-ring (bicyclic) bond motifs is 2. The maximum Gasteiger partial charge on any atom is 0.258 e. The molecule has 0 spiro atoms. The summed E-state index contributed by atoms with van der Waals surface area (Å²) < 4.78 is 0. The zero-order chi connectivity index (χ0) is 16.9. The highest BCUT2D eigenvalue weighted by Gasteiger charge is 2.38. The minimum atomic E-state index is -0.588. The molecular formula is C17H15N5O2. The van der Waals surface area contributed by atoms with Crippen molar-refractivity contribution in [2.24, 2.45) is 0 Å². The fourth-order valence-electron chi connectivity index (χ4n) is 2.82. The number of benzene rings is 1. The number of aromatic amines is 1. The number of H-pyrrole nitrogens is 1. The van der Waals surface area contributed by atoms with Gasteiger partial charge < -0.3 is 10.3 Å². The lowest BCUT2D eigenvalue weighted by molar-refractivity contribution is -0.119. The van der Waals surface area contributed by atoms with Crippen molar-refractivity contribution in [2.45, 2.75) is 19.3 Å². The van der Waals surface area contributed by atoms with Crippen LogP contribution in [0.5, 0.6) is 0 Å². The average Bonchev–Trinajstić information content (AvgIpc) is 3.04. The Hall–Kier alpha value is -3.22. The van der Waals surface area contributed by atoms with Crippen LogP contribution < -0.4 is 10.6 Å². The molecule has 4 rings (SSSR count). The monoisotopic (exact) mass is 321 g/mol. The molecular weight excluding hydrogens is 306 g/mol. The number of aromatic nitrogens is 3. The first-order valence-electron chi connectivity index (χ1n) is 7.52. The highest BCUT2D eigenvalue weighted by atomic mass is 16.2. The van der Waals surface area contributed by atoms with E-state index in [1.807, 2.05) is 26.0 Å². The van der Waals surface area contributed by atoms with Gasteiger partial charge in [-0.1, -0.05) is 0 Å². The van der Waals surface area contributed by atoms with Gasteiger partial charge in [0, 0.05) is 23.6 Å². The first-order chi connectivity index (χ1) is 11.4. The van der Waals surface area contributed by atoms with Crippen LogP contribution >= 0.6 is 0 Å². The number of nitrogens with one attached hydrogen (secondary N) is 3. The van der Waals surface area contributed by atoms with Crippen LogP contribution in [0.3, 0.4) is 0 Å². The smallest absolute Gasteiger partial charge is 0.258 e. The molecule has 1 aliphatic rings. The molecule has 0 aliphatic carbocycles. The number of hydrogen-bond acceptors (Lipinski definition) is 4. The average molecular weight is 321 g/mol. The van der Waals surface area contributed by atoms with E-state index in [9.17, 15) is 9.59 Å². The second-order valence-electron chi connectivity index (χ2n) is 6.27. The molecule has 2 aromatic heterocycles. The van der Waals surface area contributed by atoms with Crippen molar-refractivity contribution < 1.29 is 9.59 Å². The predicted molar refractivity (Wildman–Crippen MR) is 89.9 cm³/mol. The van der Waals surface area contributed by atoms with Crippen LogP contribution in [0.2, 0.25) is 0 Å². The van der Waals surface area contributed by atoms with Crippen molar-refractivity contribution in [3.63, 3.8) is 0 Å². The predicted octanol–water partition coefficient (Wildman–Crippen LogP) is 2.44. The Balaban J connectivity index is 1.68. The zero-order valence-corrected chi connectivity index (χ0v) is 13.2. The molecule has 0 unspecified atom stereocenters. The molecule has 0 atom stereocenters. The van der Waals surface area contributed by atoms with E-state index >= 15 is 0 Å². The van der Waals surface area contributed by atoms with Crippen molar-refractivity contribution >= 4 is 34.5 Å². The van der Waals surface area contributed by atoms with Gasteiger partial charge in [0.15, 0.2) is 0 Å². The van der Waals surface area contributed by atoms with Crippen LogP contribution in [0, 0.1) is 0 Å². The van der Waals surface area contributed by atoms with E-state index < -0.39 is 5.41 Å². The molecule has 3 heterocycles. The number of nitrogens with zero attached hydrogens (tertiary/aromatic N) is 2. The second-order valence-corrected chi connectivity index (χ2v) is 6.27. The van der Waals surface area contributed by atoms with Gasteiger partial charge in [0.1, 0.15) is 0 Å². The molecule has 2 amide bonds. The standard InChI is InChI=1S/C17H15N5O2/c1-17(2)10-7-12-13(8-11(10)19-15(17)24)21-16(20-12)22-14(23)9-3-5-18-6-4-9/h3-8H,1-2H3,(H,19,24)(H2,20,21,22,23). The number of pyridine rings is 1. The summed E-state index contributed by atoms with van der Waals surface area (Å²) in [6.07, 6.45) is 3.12. The SMILES string of the molecule is CC1(C)C(=O)Nc2cc3nc(NC(=O)c4ccncc4)[nH]c3cc21. The van der Waals surface area contributed by atoms with E-state index in [-0.39, 0.29) is 11.8 Å². The van der Waals surface area contributed by atoms with E-state index in [0.717, 1.165) is 16.8 Å². The third-order valence-electron chi connectivity index (χ3n) is 4.28. The molecule has 7 heteroatoms. The summed E-state index contributed by atoms with van der Waals surface area (Å²) in [5.74, 6) is 0.0635. The third-order valence-corrected chi connectivity index (χ3v) is 4.28. The molecule has 0 saturated heterocycles. The van der Waals surface area contributed by atoms with Crippen LogP contribution in [0.1, 0.15) is 29.8 Å². The molecule has 1 aliphatic heterocycles. The zero-order valence-electron chi connectivity index (χ0n) is 13.2. The summed E-state index contributed by atoms with van der Waals surface area (Å²) in [4.78, 5) is 35.5. The Morgan fingerprint density at radius 1 is 1.21 bits per heavy atom. The van der Waals surface area contributed by atoms with Crippen molar-refractivity contribution in [1.82, 2.24) is 15.0 Å². The van der Waals surface area contributed by atoms with Gasteiger partial charge in [-0.2, -0.15) is 0 Å². The van der Waals surface area contributed by atoms with E-state index in [0.29, 0.717) is 17.0 Å². The maximum absolute atomic E-state index is 12.2. The van der Waals surface area contributed by atoms with Crippen molar-refractivity contribution in [3.8, 4) is 0 Å². The quantitative estimate of drug-likeness (QED) is 0.675. The van der Waals surface area contributed by atoms with Crippen molar-refractivity contribution in [2.75, 3.05) is 10.6 Å². The molecule has 3 aromatic rings. The van der Waals surface area contributed by atoms with Gasteiger partial charge in [0.25, 0.3) is 5.91 Å². The van der Waals surface area contributed by atoms with Crippen LogP contribution in [0.15, 0.2) is 36.7 Å². The Labute approximate surface area is 137 Å². The molecule has 1 aromatic carbocycles. The van der Waals surface area contributed by atoms with Gasteiger partial charge >= 0.3 is 0 Å². The Morgan fingerprint density at radius 2 is 1.96 bits per heavy atom. The molecule has 0 radical (unpaired) electrons. The largest absolute Gasteiger partial charge is 0.325 e. The van der Waals surface area contributed by atoms with E-state index in [2.05, 4.69) is 25.6 Å². The summed E-state index contributed by atoms with van der Waals surface area (Å²) in [6, 6.07) is 6.97. The normalized spacial score (nSPS) is 15.2. The summed E-state index contributed by atoms with van der Waals surface area (Å²) in [7, 11) is 0. The molecule has 120 valence electrons. The lowest BCUT2D eigenvalue weighted by atomic mass is 9.86. The molecule has 0 saturated carbocycles. The highest BCUT2D eigenvalue weighted by molar-refractivity contribution is 6.08. The second kappa shape index (κ2) is 4.89. The number of carbonyl (C=O) groups excluding carboxylic acids is 2. The molecule has 0 fully saturated rings. The van der Waals surface area contributed by atoms with Crippen molar-refractivity contribution in [3.05, 3.63) is 47.8 Å². The molecule has 3 N–H and O–H groups in total. The third kappa shape index (κ3) is 2.13. The van der Waals surface area contributed by atoms with E-state index in [1.165, 1.54) is 0 Å². The van der Waals surface area contributed by atoms with Gasteiger partial charge in [-0.25, -0.2) is 4.98 Å². The Kier molecular flexibility index (Phi) is 2.93. The van der Waals surface area contributed by atoms with Crippen LogP contribution in [0.4, 0.5) is 11.6 Å². The van der Waals surface area contributed by atoms with Crippen molar-refractivity contribution in [1.29, 1.82) is 0 Å². The number of imidazole rings is 1. The fourth-order valence-corrected chi connectivity index (χ4v) is 2.82. The summed E-state index contributed by atoms with van der Waals surface area (Å²) >= 11 is 0. The summed E-state index contributed by atoms with van der Waals surface area (Å²) in [5, 5.41) is 5.60.